The van der Waals surface area contributed by atoms with Crippen molar-refractivity contribution in [1.82, 2.24) is 35.9 Å². The maximum atomic E-state index is 13.2. The Morgan fingerprint density at radius 1 is 0.889 bits per heavy atom. The highest BCUT2D eigenvalue weighted by atomic mass is 16.4. The summed E-state index contributed by atoms with van der Waals surface area (Å²) in [7, 11) is 0. The third-order valence-electron chi connectivity index (χ3n) is 5.33. The molecule has 0 aromatic carbocycles. The molecule has 9 N–H and O–H groups in total. The van der Waals surface area contributed by atoms with Crippen LogP contribution in [0.3, 0.4) is 0 Å². The van der Waals surface area contributed by atoms with Crippen LogP contribution in [0.15, 0.2) is 25.0 Å². The third kappa shape index (κ3) is 8.78. The smallest absolute Gasteiger partial charge is 0.328 e. The summed E-state index contributed by atoms with van der Waals surface area (Å²) in [6.07, 6.45) is 4.95. The molecule has 2 rings (SSSR count). The van der Waals surface area contributed by atoms with Gasteiger partial charge in [0.05, 0.1) is 24.8 Å². The van der Waals surface area contributed by atoms with Gasteiger partial charge in [0, 0.05) is 36.6 Å². The number of carboxylic acids is 1. The van der Waals surface area contributed by atoms with Crippen LogP contribution in [0, 0.1) is 5.92 Å². The molecule has 3 amide bonds. The third-order valence-corrected chi connectivity index (χ3v) is 5.33. The van der Waals surface area contributed by atoms with E-state index in [1.54, 1.807) is 0 Å². The number of carboxylic acid groups (broad SMARTS) is 1. The number of aromatic amines is 2. The van der Waals surface area contributed by atoms with Gasteiger partial charge in [0.2, 0.25) is 17.7 Å². The van der Waals surface area contributed by atoms with E-state index in [4.69, 9.17) is 5.73 Å². The van der Waals surface area contributed by atoms with Crippen molar-refractivity contribution >= 4 is 23.7 Å². The van der Waals surface area contributed by atoms with Crippen LogP contribution in [0.4, 0.5) is 0 Å². The Hall–Kier alpha value is -3.78. The summed E-state index contributed by atoms with van der Waals surface area (Å²) in [4.78, 5) is 63.7. The molecule has 2 aromatic heterocycles. The number of aliphatic hydroxyl groups is 1. The highest BCUT2D eigenvalue weighted by Gasteiger charge is 2.32. The molecule has 0 radical (unpaired) electrons. The first-order valence-corrected chi connectivity index (χ1v) is 11.5. The number of nitrogens with two attached hydrogens (primary N) is 1. The second kappa shape index (κ2) is 13.3. The average Bonchev–Trinajstić information content (AvgIpc) is 3.49. The molecular formula is C22H34N8O6. The molecule has 2 heterocycles. The van der Waals surface area contributed by atoms with E-state index in [0.717, 1.165) is 0 Å². The normalized spacial score (nSPS) is 15.4. The number of hydrogen-bond donors (Lipinski definition) is 8. The van der Waals surface area contributed by atoms with Crippen molar-refractivity contribution in [1.29, 1.82) is 0 Å². The summed E-state index contributed by atoms with van der Waals surface area (Å²) in [5.74, 6) is -3.48. The molecule has 0 saturated carbocycles. The molecule has 0 saturated heterocycles. The topological polar surface area (TPSA) is 228 Å². The summed E-state index contributed by atoms with van der Waals surface area (Å²) in [6, 6.07) is -4.75. The number of carbonyl (C=O) groups excluding carboxylic acids is 3. The number of H-pyrrole nitrogens is 2. The maximum Gasteiger partial charge on any atom is 0.328 e. The Bertz CT molecular complexity index is 992. The first kappa shape index (κ1) is 28.5. The fraction of sp³-hybridized carbons (Fsp3) is 0.545. The van der Waals surface area contributed by atoms with E-state index < -0.39 is 54.0 Å². The van der Waals surface area contributed by atoms with Crippen LogP contribution in [-0.4, -0.2) is 84.1 Å². The first-order valence-electron chi connectivity index (χ1n) is 11.5. The molecule has 5 unspecified atom stereocenters. The molecule has 2 aromatic rings. The van der Waals surface area contributed by atoms with Gasteiger partial charge in [0.1, 0.15) is 12.1 Å². The van der Waals surface area contributed by atoms with E-state index >= 15 is 0 Å². The zero-order valence-electron chi connectivity index (χ0n) is 20.4. The van der Waals surface area contributed by atoms with E-state index in [0.29, 0.717) is 11.4 Å². The van der Waals surface area contributed by atoms with E-state index in [-0.39, 0.29) is 25.2 Å². The van der Waals surface area contributed by atoms with Crippen LogP contribution in [0.2, 0.25) is 0 Å². The number of amides is 3. The Morgan fingerprint density at radius 3 is 1.89 bits per heavy atom. The molecular weight excluding hydrogens is 472 g/mol. The predicted molar refractivity (Wildman–Crippen MR) is 127 cm³/mol. The summed E-state index contributed by atoms with van der Waals surface area (Å²) < 4.78 is 0. The number of nitrogens with zero attached hydrogens (tertiary/aromatic N) is 2. The van der Waals surface area contributed by atoms with Crippen molar-refractivity contribution < 1.29 is 29.4 Å². The van der Waals surface area contributed by atoms with Crippen LogP contribution >= 0.6 is 0 Å². The van der Waals surface area contributed by atoms with E-state index in [9.17, 15) is 29.4 Å². The highest BCUT2D eigenvalue weighted by Crippen LogP contribution is 2.08. The zero-order chi connectivity index (χ0) is 26.8. The van der Waals surface area contributed by atoms with Crippen LogP contribution in [-0.2, 0) is 32.0 Å². The lowest BCUT2D eigenvalue weighted by Crippen LogP contribution is -2.59. The molecule has 0 aliphatic heterocycles. The lowest BCUT2D eigenvalue weighted by molar-refractivity contribution is -0.145. The van der Waals surface area contributed by atoms with Gasteiger partial charge in [0.15, 0.2) is 6.04 Å². The highest BCUT2D eigenvalue weighted by molar-refractivity contribution is 5.94. The maximum absolute atomic E-state index is 13.2. The van der Waals surface area contributed by atoms with Gasteiger partial charge in [-0.2, -0.15) is 0 Å². The Kier molecular flexibility index (Phi) is 10.5. The van der Waals surface area contributed by atoms with Gasteiger partial charge < -0.3 is 41.9 Å². The SMILES string of the molecule is CC(C)CC(NC(=O)C(Cc1cnc[nH]1)NC(=O)C(N)Cc1cnc[nH]1)C(=O)NC(C(=O)O)C(C)O. The molecule has 0 fully saturated rings. The number of aromatic nitrogens is 4. The van der Waals surface area contributed by atoms with Gasteiger partial charge >= 0.3 is 5.97 Å². The van der Waals surface area contributed by atoms with E-state index in [2.05, 4.69) is 35.9 Å². The minimum atomic E-state index is -1.55. The lowest BCUT2D eigenvalue weighted by atomic mass is 10.0. The molecule has 0 aliphatic rings. The van der Waals surface area contributed by atoms with Crippen LogP contribution in [0.25, 0.3) is 0 Å². The molecule has 5 atom stereocenters. The monoisotopic (exact) mass is 506 g/mol. The Labute approximate surface area is 207 Å². The quantitative estimate of drug-likeness (QED) is 0.144. The molecule has 14 heteroatoms. The molecule has 198 valence electrons. The van der Waals surface area contributed by atoms with Gasteiger partial charge in [0.25, 0.3) is 0 Å². The number of nitrogens with one attached hydrogen (secondary N) is 5. The van der Waals surface area contributed by atoms with Crippen molar-refractivity contribution in [3.8, 4) is 0 Å². The number of carbonyl (C=O) groups is 4. The van der Waals surface area contributed by atoms with Crippen LogP contribution < -0.4 is 21.7 Å². The van der Waals surface area contributed by atoms with E-state index in [1.165, 1.54) is 32.0 Å². The average molecular weight is 507 g/mol. The van der Waals surface area contributed by atoms with Crippen molar-refractivity contribution in [3.05, 3.63) is 36.4 Å². The van der Waals surface area contributed by atoms with Crippen molar-refractivity contribution in [3.63, 3.8) is 0 Å². The molecule has 14 nitrogen and oxygen atoms in total. The van der Waals surface area contributed by atoms with E-state index in [1.807, 2.05) is 13.8 Å². The van der Waals surface area contributed by atoms with Crippen LogP contribution in [0.1, 0.15) is 38.6 Å². The van der Waals surface area contributed by atoms with Crippen molar-refractivity contribution in [2.75, 3.05) is 0 Å². The zero-order valence-corrected chi connectivity index (χ0v) is 20.4. The summed E-state index contributed by atoms with van der Waals surface area (Å²) in [5, 5.41) is 26.4. The number of aliphatic hydroxyl groups excluding tert-OH is 1. The minimum Gasteiger partial charge on any atom is -0.480 e. The van der Waals surface area contributed by atoms with Gasteiger partial charge in [-0.05, 0) is 19.3 Å². The second-order valence-electron chi connectivity index (χ2n) is 8.99. The van der Waals surface area contributed by atoms with Crippen molar-refractivity contribution in [2.45, 2.75) is 70.3 Å². The van der Waals surface area contributed by atoms with Gasteiger partial charge in [-0.25, -0.2) is 14.8 Å². The summed E-state index contributed by atoms with van der Waals surface area (Å²) in [6.45, 7) is 4.89. The Balaban J connectivity index is 2.17. The largest absolute Gasteiger partial charge is 0.480 e. The number of aliphatic carboxylic acids is 1. The molecule has 0 aliphatic carbocycles. The van der Waals surface area contributed by atoms with Gasteiger partial charge in [-0.1, -0.05) is 13.8 Å². The second-order valence-corrected chi connectivity index (χ2v) is 8.99. The van der Waals surface area contributed by atoms with Crippen LogP contribution in [0.5, 0.6) is 0 Å². The first-order chi connectivity index (χ1) is 17.0. The number of hydrogen-bond acceptors (Lipinski definition) is 8. The fourth-order valence-corrected chi connectivity index (χ4v) is 3.45. The lowest BCUT2D eigenvalue weighted by Gasteiger charge is -2.26. The molecule has 0 bridgehead atoms. The molecule has 36 heavy (non-hydrogen) atoms. The number of imidazole rings is 2. The summed E-state index contributed by atoms with van der Waals surface area (Å²) in [5.41, 5.74) is 7.21. The minimum absolute atomic E-state index is 0.0375. The summed E-state index contributed by atoms with van der Waals surface area (Å²) >= 11 is 0. The number of rotatable bonds is 14. The fourth-order valence-electron chi connectivity index (χ4n) is 3.45. The Morgan fingerprint density at radius 2 is 1.42 bits per heavy atom. The predicted octanol–water partition coefficient (Wildman–Crippen LogP) is -1.79. The van der Waals surface area contributed by atoms with Gasteiger partial charge in [-0.15, -0.1) is 0 Å². The molecule has 0 spiro atoms. The van der Waals surface area contributed by atoms with Gasteiger partial charge in [-0.3, -0.25) is 14.4 Å². The standard InChI is InChI=1S/C22H34N8O6/c1-11(2)4-16(21(34)30-18(12(3)31)22(35)36)29-20(33)17(6-14-8-25-10-27-14)28-19(32)15(23)5-13-7-24-9-26-13/h7-12,15-18,31H,4-6,23H2,1-3H3,(H,24,26)(H,25,27)(H,28,32)(H,29,33)(H,30,34)(H,35,36). The van der Waals surface area contributed by atoms with Crippen molar-refractivity contribution in [2.24, 2.45) is 11.7 Å².